The molecular formula is C20H21N5. The molecule has 3 N–H and O–H groups in total. The Labute approximate surface area is 147 Å². The first-order valence-electron chi connectivity index (χ1n) is 8.56. The minimum Gasteiger partial charge on any atom is -0.393 e. The number of aryl methyl sites for hydroxylation is 1. The first-order chi connectivity index (χ1) is 12.3. The van der Waals surface area contributed by atoms with E-state index in [1.165, 1.54) is 16.8 Å². The molecule has 4 rings (SSSR count). The van der Waals surface area contributed by atoms with E-state index < -0.39 is 0 Å². The number of benzene rings is 2. The van der Waals surface area contributed by atoms with Crippen LogP contribution in [0.5, 0.6) is 0 Å². The van der Waals surface area contributed by atoms with Gasteiger partial charge in [-0.25, -0.2) is 9.97 Å². The summed E-state index contributed by atoms with van der Waals surface area (Å²) in [4.78, 5) is 11.0. The van der Waals surface area contributed by atoms with Gasteiger partial charge < -0.3 is 16.0 Å². The summed E-state index contributed by atoms with van der Waals surface area (Å²) in [5.74, 6) is 1.45. The molecule has 0 bridgehead atoms. The third kappa shape index (κ3) is 3.13. The summed E-state index contributed by atoms with van der Waals surface area (Å²) in [6.07, 6.45) is 3.76. The Balaban J connectivity index is 1.62. The van der Waals surface area contributed by atoms with E-state index in [9.17, 15) is 0 Å². The van der Waals surface area contributed by atoms with E-state index in [1.807, 2.05) is 18.2 Å². The van der Waals surface area contributed by atoms with Crippen molar-refractivity contribution in [1.82, 2.24) is 9.97 Å². The van der Waals surface area contributed by atoms with Gasteiger partial charge in [0, 0.05) is 18.8 Å². The molecule has 5 nitrogen and oxygen atoms in total. The van der Waals surface area contributed by atoms with Crippen LogP contribution in [0.25, 0.3) is 0 Å². The zero-order chi connectivity index (χ0) is 17.1. The van der Waals surface area contributed by atoms with Crippen molar-refractivity contribution >= 4 is 23.0 Å². The van der Waals surface area contributed by atoms with Gasteiger partial charge in [-0.2, -0.15) is 0 Å². The Hall–Kier alpha value is -3.08. The van der Waals surface area contributed by atoms with Crippen LogP contribution in [-0.2, 0) is 13.0 Å². The molecule has 0 saturated heterocycles. The molecule has 1 aliphatic rings. The summed E-state index contributed by atoms with van der Waals surface area (Å²) in [7, 11) is 0. The van der Waals surface area contributed by atoms with E-state index in [1.54, 1.807) is 6.33 Å². The number of aromatic nitrogens is 2. The highest BCUT2D eigenvalue weighted by atomic mass is 15.2. The molecule has 2 aromatic carbocycles. The van der Waals surface area contributed by atoms with E-state index in [-0.39, 0.29) is 0 Å². The van der Waals surface area contributed by atoms with Crippen LogP contribution in [-0.4, -0.2) is 16.5 Å². The van der Waals surface area contributed by atoms with Gasteiger partial charge in [-0.05, 0) is 30.0 Å². The maximum absolute atomic E-state index is 6.41. The normalized spacial score (nSPS) is 13.4. The molecule has 0 amide bonds. The second-order valence-electron chi connectivity index (χ2n) is 6.18. The van der Waals surface area contributed by atoms with Crippen molar-refractivity contribution in [3.8, 4) is 0 Å². The Morgan fingerprint density at radius 3 is 2.68 bits per heavy atom. The summed E-state index contributed by atoms with van der Waals surface area (Å²) in [6, 6.07) is 18.7. The topological polar surface area (TPSA) is 67.1 Å². The van der Waals surface area contributed by atoms with Crippen molar-refractivity contribution in [1.29, 1.82) is 0 Å². The highest BCUT2D eigenvalue weighted by molar-refractivity contribution is 5.80. The molecule has 2 heterocycles. The fourth-order valence-corrected chi connectivity index (χ4v) is 3.28. The second-order valence-corrected chi connectivity index (χ2v) is 6.18. The Morgan fingerprint density at radius 1 is 1.00 bits per heavy atom. The smallest absolute Gasteiger partial charge is 0.161 e. The lowest BCUT2D eigenvalue weighted by Crippen LogP contribution is -2.26. The quantitative estimate of drug-likeness (QED) is 0.762. The number of nitrogens with one attached hydrogen (secondary N) is 1. The monoisotopic (exact) mass is 331 g/mol. The minimum atomic E-state index is 0.593. The van der Waals surface area contributed by atoms with Gasteiger partial charge in [0.15, 0.2) is 11.6 Å². The number of hydrogen-bond acceptors (Lipinski definition) is 5. The molecule has 3 aromatic rings. The highest BCUT2D eigenvalue weighted by Crippen LogP contribution is 2.36. The molecular weight excluding hydrogens is 310 g/mol. The van der Waals surface area contributed by atoms with Crippen LogP contribution in [0, 0.1) is 0 Å². The van der Waals surface area contributed by atoms with Crippen LogP contribution in [0.3, 0.4) is 0 Å². The first kappa shape index (κ1) is 15.4. The molecule has 5 heteroatoms. The second kappa shape index (κ2) is 6.81. The van der Waals surface area contributed by atoms with E-state index in [2.05, 4.69) is 56.6 Å². The van der Waals surface area contributed by atoms with Gasteiger partial charge in [-0.3, -0.25) is 0 Å². The lowest BCUT2D eigenvalue weighted by molar-refractivity contribution is 0.759. The minimum absolute atomic E-state index is 0.593. The van der Waals surface area contributed by atoms with Crippen LogP contribution < -0.4 is 16.0 Å². The third-order valence-electron chi connectivity index (χ3n) is 4.53. The number of anilines is 4. The van der Waals surface area contributed by atoms with Crippen LogP contribution >= 0.6 is 0 Å². The van der Waals surface area contributed by atoms with E-state index in [0.717, 1.165) is 25.2 Å². The Bertz CT molecular complexity index is 863. The van der Waals surface area contributed by atoms with Gasteiger partial charge in [0.05, 0.1) is 0 Å². The zero-order valence-electron chi connectivity index (χ0n) is 14.0. The average molecular weight is 331 g/mol. The summed E-state index contributed by atoms with van der Waals surface area (Å²) in [5, 5.41) is 3.33. The van der Waals surface area contributed by atoms with Crippen LogP contribution in [0.4, 0.5) is 23.0 Å². The molecule has 0 atom stereocenters. The number of hydrogen-bond donors (Lipinski definition) is 2. The van der Waals surface area contributed by atoms with Crippen molar-refractivity contribution < 1.29 is 0 Å². The number of rotatable bonds is 4. The molecule has 1 aliphatic heterocycles. The summed E-state index contributed by atoms with van der Waals surface area (Å²) in [5.41, 5.74) is 10.7. The zero-order valence-corrected chi connectivity index (χ0v) is 14.0. The van der Waals surface area contributed by atoms with Crippen molar-refractivity contribution in [2.75, 3.05) is 22.5 Å². The van der Waals surface area contributed by atoms with E-state index >= 15 is 0 Å². The molecule has 1 aromatic heterocycles. The summed E-state index contributed by atoms with van der Waals surface area (Å²) in [6.45, 7) is 1.59. The fraction of sp³-hybridized carbons (Fsp3) is 0.200. The fourth-order valence-electron chi connectivity index (χ4n) is 3.28. The number of fused-ring (bicyclic) bond motifs is 1. The largest absolute Gasteiger partial charge is 0.393 e. The SMILES string of the molecule is Nc1c(NCc2ccccc2)ncnc1N1CCCc2ccccc21. The van der Waals surface area contributed by atoms with Gasteiger partial charge in [-0.1, -0.05) is 48.5 Å². The van der Waals surface area contributed by atoms with E-state index in [4.69, 9.17) is 5.73 Å². The highest BCUT2D eigenvalue weighted by Gasteiger charge is 2.22. The standard InChI is InChI=1S/C20H21N5/c21-18-19(22-13-15-7-2-1-3-8-15)23-14-24-20(18)25-12-6-10-16-9-4-5-11-17(16)25/h1-5,7-9,11,14H,6,10,12-13,21H2,(H,22,23,24). The number of nitrogen functional groups attached to an aromatic ring is 1. The molecule has 0 saturated carbocycles. The summed E-state index contributed by atoms with van der Waals surface area (Å²) >= 11 is 0. The molecule has 25 heavy (non-hydrogen) atoms. The summed E-state index contributed by atoms with van der Waals surface area (Å²) < 4.78 is 0. The lowest BCUT2D eigenvalue weighted by atomic mass is 10.0. The van der Waals surface area contributed by atoms with Crippen molar-refractivity contribution in [2.45, 2.75) is 19.4 Å². The van der Waals surface area contributed by atoms with Crippen LogP contribution in [0.15, 0.2) is 60.9 Å². The van der Waals surface area contributed by atoms with Crippen molar-refractivity contribution in [3.63, 3.8) is 0 Å². The predicted molar refractivity (Wildman–Crippen MR) is 102 cm³/mol. The third-order valence-corrected chi connectivity index (χ3v) is 4.53. The van der Waals surface area contributed by atoms with Gasteiger partial charge in [-0.15, -0.1) is 0 Å². The molecule has 0 aliphatic carbocycles. The predicted octanol–water partition coefficient (Wildman–Crippen LogP) is 3.76. The van der Waals surface area contributed by atoms with E-state index in [0.29, 0.717) is 18.1 Å². The number of nitrogens with zero attached hydrogens (tertiary/aromatic N) is 3. The van der Waals surface area contributed by atoms with Gasteiger partial charge in [0.25, 0.3) is 0 Å². The van der Waals surface area contributed by atoms with Crippen molar-refractivity contribution in [3.05, 3.63) is 72.1 Å². The maximum atomic E-state index is 6.41. The molecule has 126 valence electrons. The van der Waals surface area contributed by atoms with Gasteiger partial charge in [0.2, 0.25) is 0 Å². The average Bonchev–Trinajstić information content (AvgIpc) is 2.68. The Kier molecular flexibility index (Phi) is 4.21. The Morgan fingerprint density at radius 2 is 1.80 bits per heavy atom. The molecule has 0 radical (unpaired) electrons. The van der Waals surface area contributed by atoms with Crippen LogP contribution in [0.1, 0.15) is 17.5 Å². The molecule has 0 unspecified atom stereocenters. The molecule has 0 fully saturated rings. The van der Waals surface area contributed by atoms with Gasteiger partial charge >= 0.3 is 0 Å². The van der Waals surface area contributed by atoms with Crippen molar-refractivity contribution in [2.24, 2.45) is 0 Å². The lowest BCUT2D eigenvalue weighted by Gasteiger charge is -2.31. The first-order valence-corrected chi connectivity index (χ1v) is 8.56. The number of para-hydroxylation sites is 1. The maximum Gasteiger partial charge on any atom is 0.161 e. The van der Waals surface area contributed by atoms with Crippen LogP contribution in [0.2, 0.25) is 0 Å². The number of nitrogens with two attached hydrogens (primary N) is 1. The van der Waals surface area contributed by atoms with Gasteiger partial charge in [0.1, 0.15) is 12.0 Å². The molecule has 0 spiro atoms.